The van der Waals surface area contributed by atoms with E-state index >= 15 is 0 Å². The molecule has 0 fully saturated rings. The van der Waals surface area contributed by atoms with Gasteiger partial charge in [-0.3, -0.25) is 9.59 Å². The molecule has 0 aliphatic carbocycles. The zero-order chi connectivity index (χ0) is 16.4. The maximum atomic E-state index is 12.7. The number of benzene rings is 3. The molecule has 4 heteroatoms. The maximum Gasteiger partial charge on any atom is 0.256 e. The number of nitrogens with two attached hydrogens (primary N) is 1. The Morgan fingerprint density at radius 1 is 0.913 bits per heavy atom. The topological polar surface area (TPSA) is 72.2 Å². The highest BCUT2D eigenvalue weighted by Crippen LogP contribution is 2.23. The Bertz CT molecular complexity index is 911. The number of amides is 2. The van der Waals surface area contributed by atoms with Crippen LogP contribution in [0.15, 0.2) is 60.7 Å². The molecule has 0 saturated carbocycles. The van der Waals surface area contributed by atoms with E-state index in [0.717, 1.165) is 16.3 Å². The van der Waals surface area contributed by atoms with Crippen LogP contribution in [0.1, 0.15) is 26.3 Å². The Hall–Kier alpha value is -3.14. The van der Waals surface area contributed by atoms with Gasteiger partial charge in [-0.25, -0.2) is 0 Å². The number of carbonyl (C=O) groups excluding carboxylic acids is 2. The second kappa shape index (κ2) is 5.93. The zero-order valence-electron chi connectivity index (χ0n) is 12.7. The molecule has 0 unspecified atom stereocenters. The van der Waals surface area contributed by atoms with E-state index in [0.29, 0.717) is 16.8 Å². The molecule has 3 aromatic rings. The third-order valence-corrected chi connectivity index (χ3v) is 3.80. The van der Waals surface area contributed by atoms with Crippen molar-refractivity contribution in [3.05, 3.63) is 77.4 Å². The minimum absolute atomic E-state index is 0.269. The predicted molar refractivity (Wildman–Crippen MR) is 91.6 cm³/mol. The van der Waals surface area contributed by atoms with E-state index < -0.39 is 5.91 Å². The molecule has 0 bridgehead atoms. The molecular formula is C19H16N2O2. The van der Waals surface area contributed by atoms with E-state index in [-0.39, 0.29) is 5.91 Å². The number of carbonyl (C=O) groups is 2. The summed E-state index contributed by atoms with van der Waals surface area (Å²) in [6, 6.07) is 18.5. The Kier molecular flexibility index (Phi) is 3.81. The second-order valence-corrected chi connectivity index (χ2v) is 5.34. The summed E-state index contributed by atoms with van der Waals surface area (Å²) in [6.07, 6.45) is 0. The number of hydrogen-bond donors (Lipinski definition) is 2. The number of primary amides is 1. The summed E-state index contributed by atoms with van der Waals surface area (Å²) in [5.41, 5.74) is 7.48. The molecule has 0 heterocycles. The van der Waals surface area contributed by atoms with Gasteiger partial charge in [0.05, 0.1) is 11.3 Å². The molecule has 0 aromatic heterocycles. The quantitative estimate of drug-likeness (QED) is 0.777. The van der Waals surface area contributed by atoms with Gasteiger partial charge in [0.15, 0.2) is 0 Å². The van der Waals surface area contributed by atoms with Gasteiger partial charge in [-0.2, -0.15) is 0 Å². The van der Waals surface area contributed by atoms with Gasteiger partial charge in [-0.15, -0.1) is 0 Å². The van der Waals surface area contributed by atoms with Gasteiger partial charge in [0.2, 0.25) is 0 Å². The van der Waals surface area contributed by atoms with Crippen LogP contribution in [0.4, 0.5) is 5.69 Å². The summed E-state index contributed by atoms with van der Waals surface area (Å²) in [5, 5.41) is 4.65. The lowest BCUT2D eigenvalue weighted by Crippen LogP contribution is -2.19. The molecule has 0 spiro atoms. The molecular weight excluding hydrogens is 288 g/mol. The molecule has 0 aliphatic rings. The first-order valence-corrected chi connectivity index (χ1v) is 7.26. The van der Waals surface area contributed by atoms with Crippen molar-refractivity contribution in [1.82, 2.24) is 0 Å². The number of nitrogens with one attached hydrogen (secondary N) is 1. The summed E-state index contributed by atoms with van der Waals surface area (Å²) in [6.45, 7) is 1.79. The van der Waals surface area contributed by atoms with Crippen molar-refractivity contribution in [2.24, 2.45) is 5.73 Å². The van der Waals surface area contributed by atoms with Crippen LogP contribution in [-0.4, -0.2) is 11.8 Å². The molecule has 0 saturated heterocycles. The fourth-order valence-corrected chi connectivity index (χ4v) is 2.71. The SMILES string of the molecule is Cc1cccc(NC(=O)c2cccc3ccccc23)c1C(N)=O. The van der Waals surface area contributed by atoms with Crippen LogP contribution in [0.3, 0.4) is 0 Å². The number of anilines is 1. The van der Waals surface area contributed by atoms with E-state index in [1.54, 1.807) is 31.2 Å². The molecule has 3 aromatic carbocycles. The second-order valence-electron chi connectivity index (χ2n) is 5.34. The van der Waals surface area contributed by atoms with Crippen molar-refractivity contribution in [1.29, 1.82) is 0 Å². The number of fused-ring (bicyclic) bond motifs is 1. The largest absolute Gasteiger partial charge is 0.366 e. The molecule has 3 N–H and O–H groups in total. The zero-order valence-corrected chi connectivity index (χ0v) is 12.7. The third-order valence-electron chi connectivity index (χ3n) is 3.80. The summed E-state index contributed by atoms with van der Waals surface area (Å²) in [7, 11) is 0. The predicted octanol–water partition coefficient (Wildman–Crippen LogP) is 3.50. The van der Waals surface area contributed by atoms with Crippen molar-refractivity contribution in [2.45, 2.75) is 6.92 Å². The van der Waals surface area contributed by atoms with Gasteiger partial charge in [0, 0.05) is 5.56 Å². The minimum Gasteiger partial charge on any atom is -0.366 e. The summed E-state index contributed by atoms with van der Waals surface area (Å²) in [5.74, 6) is -0.828. The number of hydrogen-bond acceptors (Lipinski definition) is 2. The smallest absolute Gasteiger partial charge is 0.256 e. The van der Waals surface area contributed by atoms with Crippen molar-refractivity contribution in [3.8, 4) is 0 Å². The first-order valence-electron chi connectivity index (χ1n) is 7.26. The molecule has 23 heavy (non-hydrogen) atoms. The van der Waals surface area contributed by atoms with E-state index in [4.69, 9.17) is 5.73 Å². The van der Waals surface area contributed by atoms with Gasteiger partial charge < -0.3 is 11.1 Å². The fourth-order valence-electron chi connectivity index (χ4n) is 2.71. The molecule has 0 radical (unpaired) electrons. The summed E-state index contributed by atoms with van der Waals surface area (Å²) >= 11 is 0. The average Bonchev–Trinajstić information content (AvgIpc) is 2.54. The van der Waals surface area contributed by atoms with Gasteiger partial charge >= 0.3 is 0 Å². The van der Waals surface area contributed by atoms with E-state index in [2.05, 4.69) is 5.32 Å². The normalized spacial score (nSPS) is 10.5. The molecule has 4 nitrogen and oxygen atoms in total. The highest BCUT2D eigenvalue weighted by Gasteiger charge is 2.15. The number of aryl methyl sites for hydroxylation is 1. The van der Waals surface area contributed by atoms with Crippen LogP contribution in [0.5, 0.6) is 0 Å². The van der Waals surface area contributed by atoms with Crippen LogP contribution in [0.2, 0.25) is 0 Å². The highest BCUT2D eigenvalue weighted by atomic mass is 16.2. The van der Waals surface area contributed by atoms with E-state index in [1.165, 1.54) is 0 Å². The van der Waals surface area contributed by atoms with Gasteiger partial charge in [0.25, 0.3) is 11.8 Å². The number of rotatable bonds is 3. The third kappa shape index (κ3) is 2.79. The Labute approximate surface area is 133 Å². The molecule has 0 aliphatic heterocycles. The van der Waals surface area contributed by atoms with Crippen LogP contribution in [0.25, 0.3) is 10.8 Å². The van der Waals surface area contributed by atoms with Gasteiger partial charge in [-0.1, -0.05) is 48.5 Å². The van der Waals surface area contributed by atoms with E-state index in [1.807, 2.05) is 36.4 Å². The van der Waals surface area contributed by atoms with Gasteiger partial charge in [0.1, 0.15) is 0 Å². The first kappa shape index (κ1) is 14.8. The lowest BCUT2D eigenvalue weighted by molar-refractivity contribution is 0.100. The molecule has 2 amide bonds. The minimum atomic E-state index is -0.559. The summed E-state index contributed by atoms with van der Waals surface area (Å²) < 4.78 is 0. The molecule has 114 valence electrons. The lowest BCUT2D eigenvalue weighted by Gasteiger charge is -2.12. The van der Waals surface area contributed by atoms with Crippen LogP contribution < -0.4 is 11.1 Å². The maximum absolute atomic E-state index is 12.7. The molecule has 0 atom stereocenters. The Morgan fingerprint density at radius 2 is 1.61 bits per heavy atom. The van der Waals surface area contributed by atoms with Crippen molar-refractivity contribution in [2.75, 3.05) is 5.32 Å². The highest BCUT2D eigenvalue weighted by molar-refractivity contribution is 6.14. The van der Waals surface area contributed by atoms with E-state index in [9.17, 15) is 9.59 Å². The van der Waals surface area contributed by atoms with Crippen LogP contribution in [0, 0.1) is 6.92 Å². The average molecular weight is 304 g/mol. The van der Waals surface area contributed by atoms with Crippen molar-refractivity contribution < 1.29 is 9.59 Å². The fraction of sp³-hybridized carbons (Fsp3) is 0.0526. The molecule has 3 rings (SSSR count). The van der Waals surface area contributed by atoms with Crippen molar-refractivity contribution >= 4 is 28.3 Å². The Morgan fingerprint density at radius 3 is 2.39 bits per heavy atom. The first-order chi connectivity index (χ1) is 11.1. The lowest BCUT2D eigenvalue weighted by atomic mass is 10.0. The van der Waals surface area contributed by atoms with Crippen molar-refractivity contribution in [3.63, 3.8) is 0 Å². The van der Waals surface area contributed by atoms with Gasteiger partial charge in [-0.05, 0) is 35.4 Å². The Balaban J connectivity index is 2.03. The van der Waals surface area contributed by atoms with Crippen LogP contribution in [-0.2, 0) is 0 Å². The standard InChI is InChI=1S/C19H16N2O2/c1-12-6-4-11-16(17(12)18(20)22)21-19(23)15-10-5-8-13-7-2-3-9-14(13)15/h2-11H,1H3,(H2,20,22)(H,21,23). The monoisotopic (exact) mass is 304 g/mol. The van der Waals surface area contributed by atoms with Crippen LogP contribution >= 0.6 is 0 Å². The summed E-state index contributed by atoms with van der Waals surface area (Å²) in [4.78, 5) is 24.3.